The van der Waals surface area contributed by atoms with E-state index in [9.17, 15) is 4.79 Å². The van der Waals surface area contributed by atoms with Gasteiger partial charge in [0, 0.05) is 28.2 Å². The maximum Gasteiger partial charge on any atom is 0.356 e. The van der Waals surface area contributed by atoms with Gasteiger partial charge in [-0.2, -0.15) is 0 Å². The van der Waals surface area contributed by atoms with Crippen molar-refractivity contribution in [2.24, 2.45) is 5.92 Å². The van der Waals surface area contributed by atoms with Crippen LogP contribution in [0.3, 0.4) is 0 Å². The fraction of sp³-hybridized carbons (Fsp3) is 0.474. The number of methoxy groups -OCH3 is 1. The highest BCUT2D eigenvalue weighted by molar-refractivity contribution is 9.10. The van der Waals surface area contributed by atoms with Crippen LogP contribution in [0.1, 0.15) is 36.2 Å². The molecule has 1 saturated heterocycles. The molecule has 6 heteroatoms. The average Bonchev–Trinajstić information content (AvgIpc) is 3.46. The molecule has 0 amide bonds. The number of pyridine rings is 1. The number of benzene rings is 1. The predicted molar refractivity (Wildman–Crippen MR) is 99.9 cm³/mol. The zero-order valence-electron chi connectivity index (χ0n) is 14.1. The molecule has 1 aliphatic carbocycles. The number of aromatic nitrogens is 1. The zero-order valence-corrected chi connectivity index (χ0v) is 15.7. The Balaban J connectivity index is 1.66. The first kappa shape index (κ1) is 16.8. The van der Waals surface area contributed by atoms with Crippen LogP contribution in [-0.4, -0.2) is 36.8 Å². The summed E-state index contributed by atoms with van der Waals surface area (Å²) in [6.07, 6.45) is 4.92. The van der Waals surface area contributed by atoms with Gasteiger partial charge in [-0.05, 0) is 55.9 Å². The van der Waals surface area contributed by atoms with Gasteiger partial charge in [0.05, 0.1) is 18.7 Å². The second-order valence-electron chi connectivity index (χ2n) is 6.82. The van der Waals surface area contributed by atoms with Crippen molar-refractivity contribution in [3.63, 3.8) is 0 Å². The number of carbonyl (C=O) groups is 1. The van der Waals surface area contributed by atoms with Crippen LogP contribution in [0.4, 0.5) is 5.69 Å². The number of rotatable bonds is 4. The number of nitrogens with zero attached hydrogens (tertiary/aromatic N) is 1. The largest absolute Gasteiger partial charge is 0.464 e. The third kappa shape index (κ3) is 3.65. The van der Waals surface area contributed by atoms with Crippen molar-refractivity contribution in [1.82, 2.24) is 4.98 Å². The Morgan fingerprint density at radius 3 is 2.92 bits per heavy atom. The molecule has 2 heterocycles. The van der Waals surface area contributed by atoms with Crippen molar-refractivity contribution in [2.45, 2.75) is 37.8 Å². The molecule has 1 N–H and O–H groups in total. The van der Waals surface area contributed by atoms with Crippen LogP contribution in [0.25, 0.3) is 10.9 Å². The molecule has 0 radical (unpaired) electrons. The van der Waals surface area contributed by atoms with Gasteiger partial charge in [0.2, 0.25) is 0 Å². The summed E-state index contributed by atoms with van der Waals surface area (Å²) in [6.45, 7) is 0.787. The molecule has 0 bridgehead atoms. The van der Waals surface area contributed by atoms with Crippen molar-refractivity contribution in [2.75, 3.05) is 19.0 Å². The van der Waals surface area contributed by atoms with E-state index in [0.717, 1.165) is 46.4 Å². The standard InChI is InChI=1S/C19H21BrN2O3/c1-24-19(23)17-10-16(14-8-12(20)4-5-15(14)22-17)21-13-6-7-25-18(9-13)11-2-3-11/h4-5,8,10-11,13,18H,2-3,6-7,9H2,1H3,(H,21,22). The number of halogens is 1. The van der Waals surface area contributed by atoms with Gasteiger partial charge >= 0.3 is 5.97 Å². The SMILES string of the molecule is COC(=O)c1cc(NC2CCOC(C3CC3)C2)c2cc(Br)ccc2n1. The van der Waals surface area contributed by atoms with Gasteiger partial charge in [-0.3, -0.25) is 0 Å². The predicted octanol–water partition coefficient (Wildman–Crippen LogP) is 4.15. The van der Waals surface area contributed by atoms with Gasteiger partial charge in [0.15, 0.2) is 5.69 Å². The summed E-state index contributed by atoms with van der Waals surface area (Å²) in [6, 6.07) is 8.01. The van der Waals surface area contributed by atoms with E-state index in [0.29, 0.717) is 17.8 Å². The summed E-state index contributed by atoms with van der Waals surface area (Å²) in [7, 11) is 1.38. The molecule has 5 nitrogen and oxygen atoms in total. The topological polar surface area (TPSA) is 60.5 Å². The van der Waals surface area contributed by atoms with E-state index in [2.05, 4.69) is 26.2 Å². The molecule has 132 valence electrons. The molecule has 0 spiro atoms. The third-order valence-corrected chi connectivity index (χ3v) is 5.48. The summed E-state index contributed by atoms with van der Waals surface area (Å²) in [5, 5.41) is 4.63. The van der Waals surface area contributed by atoms with E-state index < -0.39 is 5.97 Å². The van der Waals surface area contributed by atoms with Gasteiger partial charge in [-0.15, -0.1) is 0 Å². The molecule has 1 saturated carbocycles. The number of esters is 1. The highest BCUT2D eigenvalue weighted by atomic mass is 79.9. The van der Waals surface area contributed by atoms with E-state index in [1.807, 2.05) is 18.2 Å². The summed E-state index contributed by atoms with van der Waals surface area (Å²) in [5.74, 6) is 0.314. The summed E-state index contributed by atoms with van der Waals surface area (Å²) < 4.78 is 11.8. The van der Waals surface area contributed by atoms with Gasteiger partial charge in [-0.1, -0.05) is 15.9 Å². The van der Waals surface area contributed by atoms with Gasteiger partial charge in [-0.25, -0.2) is 9.78 Å². The molecule has 1 aromatic carbocycles. The van der Waals surface area contributed by atoms with Crippen LogP contribution in [0.5, 0.6) is 0 Å². The molecule has 25 heavy (non-hydrogen) atoms. The normalized spacial score (nSPS) is 23.4. The third-order valence-electron chi connectivity index (χ3n) is 4.99. The lowest BCUT2D eigenvalue weighted by Gasteiger charge is -2.31. The zero-order chi connectivity index (χ0) is 17.4. The van der Waals surface area contributed by atoms with E-state index in [-0.39, 0.29) is 0 Å². The summed E-state index contributed by atoms with van der Waals surface area (Å²) in [4.78, 5) is 16.4. The number of ether oxygens (including phenoxy) is 2. The van der Waals surface area contributed by atoms with Crippen LogP contribution in [0, 0.1) is 5.92 Å². The smallest absolute Gasteiger partial charge is 0.356 e. The van der Waals surface area contributed by atoms with Crippen LogP contribution in [0.15, 0.2) is 28.7 Å². The highest BCUT2D eigenvalue weighted by Crippen LogP contribution is 2.39. The number of carbonyl (C=O) groups excluding carboxylic acids is 1. The minimum atomic E-state index is -0.421. The number of fused-ring (bicyclic) bond motifs is 1. The number of nitrogens with one attached hydrogen (secondary N) is 1. The van der Waals surface area contributed by atoms with E-state index >= 15 is 0 Å². The molecule has 4 rings (SSSR count). The lowest BCUT2D eigenvalue weighted by atomic mass is 9.99. The van der Waals surface area contributed by atoms with Gasteiger partial charge in [0.25, 0.3) is 0 Å². The molecule has 2 fully saturated rings. The Kier molecular flexibility index (Phi) is 4.65. The molecule has 1 aliphatic heterocycles. The first-order chi connectivity index (χ1) is 12.1. The fourth-order valence-corrected chi connectivity index (χ4v) is 3.86. The molecular weight excluding hydrogens is 384 g/mol. The molecular formula is C19H21BrN2O3. The van der Waals surface area contributed by atoms with Gasteiger partial charge < -0.3 is 14.8 Å². The first-order valence-corrected chi connectivity index (χ1v) is 9.50. The Labute approximate surface area is 155 Å². The van der Waals surface area contributed by atoms with E-state index in [1.54, 1.807) is 6.07 Å². The lowest BCUT2D eigenvalue weighted by Crippen LogP contribution is -2.35. The van der Waals surface area contributed by atoms with Crippen molar-refractivity contribution in [1.29, 1.82) is 0 Å². The second-order valence-corrected chi connectivity index (χ2v) is 7.74. The highest BCUT2D eigenvalue weighted by Gasteiger charge is 2.36. The summed E-state index contributed by atoms with van der Waals surface area (Å²) >= 11 is 3.52. The van der Waals surface area contributed by atoms with Crippen molar-refractivity contribution >= 4 is 38.5 Å². The van der Waals surface area contributed by atoms with Gasteiger partial charge in [0.1, 0.15) is 0 Å². The van der Waals surface area contributed by atoms with Crippen LogP contribution >= 0.6 is 15.9 Å². The molecule has 2 aromatic rings. The minimum absolute atomic E-state index is 0.325. The second kappa shape index (κ2) is 6.92. The Bertz CT molecular complexity index is 807. The van der Waals surface area contributed by atoms with Crippen molar-refractivity contribution in [3.05, 3.63) is 34.4 Å². The summed E-state index contributed by atoms with van der Waals surface area (Å²) in [5.41, 5.74) is 2.03. The number of anilines is 1. The first-order valence-electron chi connectivity index (χ1n) is 8.71. The fourth-order valence-electron chi connectivity index (χ4n) is 3.50. The van der Waals surface area contributed by atoms with Crippen LogP contribution in [-0.2, 0) is 9.47 Å². The average molecular weight is 405 g/mol. The Morgan fingerprint density at radius 2 is 2.16 bits per heavy atom. The van der Waals surface area contributed by atoms with Crippen molar-refractivity contribution in [3.8, 4) is 0 Å². The van der Waals surface area contributed by atoms with E-state index in [4.69, 9.17) is 9.47 Å². The quantitative estimate of drug-likeness (QED) is 0.775. The minimum Gasteiger partial charge on any atom is -0.464 e. The van der Waals surface area contributed by atoms with E-state index in [1.165, 1.54) is 20.0 Å². The lowest BCUT2D eigenvalue weighted by molar-refractivity contribution is -0.00217. The van der Waals surface area contributed by atoms with Crippen LogP contribution < -0.4 is 5.32 Å². The maximum atomic E-state index is 12.0. The Morgan fingerprint density at radius 1 is 1.32 bits per heavy atom. The molecule has 2 aliphatic rings. The molecule has 2 unspecified atom stereocenters. The van der Waals surface area contributed by atoms with Crippen LogP contribution in [0.2, 0.25) is 0 Å². The Hall–Kier alpha value is -1.66. The molecule has 2 atom stereocenters. The maximum absolute atomic E-state index is 12.0. The number of hydrogen-bond acceptors (Lipinski definition) is 5. The monoisotopic (exact) mass is 404 g/mol. The van der Waals surface area contributed by atoms with Crippen molar-refractivity contribution < 1.29 is 14.3 Å². The number of hydrogen-bond donors (Lipinski definition) is 1. The molecule has 1 aromatic heterocycles.